The first-order valence-electron chi connectivity index (χ1n) is 5.95. The van der Waals surface area contributed by atoms with Crippen LogP contribution in [0.2, 0.25) is 0 Å². The molecule has 1 aliphatic heterocycles. The predicted molar refractivity (Wildman–Crippen MR) is 73.5 cm³/mol. The molecule has 0 bridgehead atoms. The first-order valence-corrected chi connectivity index (χ1v) is 7.00. The van der Waals surface area contributed by atoms with Gasteiger partial charge in [-0.15, -0.1) is 11.8 Å². The van der Waals surface area contributed by atoms with Crippen LogP contribution in [0.1, 0.15) is 10.9 Å². The van der Waals surface area contributed by atoms with Crippen LogP contribution in [-0.2, 0) is 4.79 Å². The van der Waals surface area contributed by atoms with E-state index in [1.165, 1.54) is 11.8 Å². The molecule has 0 aromatic heterocycles. The van der Waals surface area contributed by atoms with Crippen LogP contribution >= 0.6 is 11.8 Å². The Labute approximate surface area is 116 Å². The number of ether oxygens (including phenoxy) is 2. The number of aliphatic hydroxyl groups excluding tert-OH is 1. The van der Waals surface area contributed by atoms with Gasteiger partial charge in [-0.05, 0) is 18.2 Å². The highest BCUT2D eigenvalue weighted by molar-refractivity contribution is 8.00. The van der Waals surface area contributed by atoms with Crippen LogP contribution in [0, 0.1) is 0 Å². The fourth-order valence-electron chi connectivity index (χ4n) is 2.09. The van der Waals surface area contributed by atoms with Crippen molar-refractivity contribution in [2.24, 2.45) is 0 Å². The van der Waals surface area contributed by atoms with Crippen molar-refractivity contribution < 1.29 is 19.4 Å². The molecule has 5 nitrogen and oxygen atoms in total. The molecule has 1 amide bonds. The van der Waals surface area contributed by atoms with Crippen LogP contribution in [0.4, 0.5) is 0 Å². The van der Waals surface area contributed by atoms with Gasteiger partial charge in [0.1, 0.15) is 16.9 Å². The summed E-state index contributed by atoms with van der Waals surface area (Å²) in [7, 11) is 3.20. The molecule has 2 rings (SSSR count). The molecule has 1 aromatic carbocycles. The summed E-state index contributed by atoms with van der Waals surface area (Å²) in [4.78, 5) is 13.5. The Morgan fingerprint density at radius 1 is 1.42 bits per heavy atom. The van der Waals surface area contributed by atoms with Crippen LogP contribution in [0.15, 0.2) is 18.2 Å². The predicted octanol–water partition coefficient (Wildman–Crippen LogP) is 1.27. The van der Waals surface area contributed by atoms with Gasteiger partial charge in [0, 0.05) is 12.1 Å². The van der Waals surface area contributed by atoms with E-state index in [2.05, 4.69) is 0 Å². The molecule has 19 heavy (non-hydrogen) atoms. The van der Waals surface area contributed by atoms with Gasteiger partial charge < -0.3 is 19.5 Å². The lowest BCUT2D eigenvalue weighted by Gasteiger charge is -2.25. The van der Waals surface area contributed by atoms with E-state index in [-0.39, 0.29) is 17.9 Å². The van der Waals surface area contributed by atoms with E-state index >= 15 is 0 Å². The van der Waals surface area contributed by atoms with Gasteiger partial charge in [0.15, 0.2) is 0 Å². The van der Waals surface area contributed by atoms with E-state index in [1.807, 2.05) is 18.2 Å². The summed E-state index contributed by atoms with van der Waals surface area (Å²) in [6.45, 7) is 0.284. The summed E-state index contributed by atoms with van der Waals surface area (Å²) in [5.74, 6) is 1.90. The quantitative estimate of drug-likeness (QED) is 0.882. The molecule has 0 aliphatic carbocycles. The second-order valence-corrected chi connectivity index (χ2v) is 5.15. The Kier molecular flexibility index (Phi) is 4.55. The normalized spacial score (nSPS) is 18.8. The van der Waals surface area contributed by atoms with Crippen molar-refractivity contribution >= 4 is 17.7 Å². The van der Waals surface area contributed by atoms with Crippen molar-refractivity contribution in [2.75, 3.05) is 33.1 Å². The number of amides is 1. The Morgan fingerprint density at radius 2 is 2.21 bits per heavy atom. The molecule has 1 aliphatic rings. The molecule has 1 fully saturated rings. The van der Waals surface area contributed by atoms with E-state index in [0.29, 0.717) is 12.3 Å². The minimum absolute atomic E-state index is 0.0360. The van der Waals surface area contributed by atoms with Gasteiger partial charge in [-0.3, -0.25) is 4.79 Å². The Morgan fingerprint density at radius 3 is 2.84 bits per heavy atom. The lowest BCUT2D eigenvalue weighted by molar-refractivity contribution is -0.128. The number of hydrogen-bond acceptors (Lipinski definition) is 5. The van der Waals surface area contributed by atoms with Crippen LogP contribution < -0.4 is 9.47 Å². The smallest absolute Gasteiger partial charge is 0.233 e. The molecule has 0 unspecified atom stereocenters. The highest BCUT2D eigenvalue weighted by Crippen LogP contribution is 2.43. The molecule has 1 N–H and O–H groups in total. The first kappa shape index (κ1) is 14.0. The Bertz CT molecular complexity index is 466. The number of carbonyl (C=O) groups is 1. The maximum Gasteiger partial charge on any atom is 0.233 e. The van der Waals surface area contributed by atoms with Crippen molar-refractivity contribution in [1.82, 2.24) is 4.90 Å². The minimum atomic E-state index is -0.135. The maximum atomic E-state index is 11.8. The fraction of sp³-hybridized carbons (Fsp3) is 0.462. The van der Waals surface area contributed by atoms with Gasteiger partial charge in [-0.1, -0.05) is 0 Å². The Balaban J connectivity index is 2.36. The van der Waals surface area contributed by atoms with Crippen molar-refractivity contribution in [3.63, 3.8) is 0 Å². The van der Waals surface area contributed by atoms with Crippen molar-refractivity contribution in [3.8, 4) is 11.5 Å². The van der Waals surface area contributed by atoms with Crippen LogP contribution in [-0.4, -0.2) is 49.0 Å². The first-order chi connectivity index (χ1) is 9.21. The lowest BCUT2D eigenvalue weighted by Crippen LogP contribution is -2.31. The highest BCUT2D eigenvalue weighted by Gasteiger charge is 2.34. The second kappa shape index (κ2) is 6.16. The van der Waals surface area contributed by atoms with Gasteiger partial charge in [-0.25, -0.2) is 0 Å². The average Bonchev–Trinajstić information content (AvgIpc) is 2.80. The Hall–Kier alpha value is -1.40. The summed E-state index contributed by atoms with van der Waals surface area (Å²) in [5, 5.41) is 8.94. The molecule has 0 spiro atoms. The van der Waals surface area contributed by atoms with E-state index in [4.69, 9.17) is 14.6 Å². The lowest BCUT2D eigenvalue weighted by atomic mass is 10.1. The van der Waals surface area contributed by atoms with Crippen LogP contribution in [0.25, 0.3) is 0 Å². The van der Waals surface area contributed by atoms with Gasteiger partial charge in [0.2, 0.25) is 5.91 Å². The van der Waals surface area contributed by atoms with Crippen molar-refractivity contribution in [1.29, 1.82) is 0 Å². The average molecular weight is 283 g/mol. The molecule has 6 heteroatoms. The van der Waals surface area contributed by atoms with Gasteiger partial charge in [0.25, 0.3) is 0 Å². The van der Waals surface area contributed by atoms with Crippen LogP contribution in [0.3, 0.4) is 0 Å². The van der Waals surface area contributed by atoms with Gasteiger partial charge in [-0.2, -0.15) is 0 Å². The molecule has 1 saturated heterocycles. The monoisotopic (exact) mass is 283 g/mol. The van der Waals surface area contributed by atoms with E-state index in [9.17, 15) is 4.79 Å². The summed E-state index contributed by atoms with van der Waals surface area (Å²) in [6, 6.07) is 5.52. The van der Waals surface area contributed by atoms with E-state index in [1.54, 1.807) is 19.1 Å². The largest absolute Gasteiger partial charge is 0.497 e. The zero-order valence-electron chi connectivity index (χ0n) is 11.0. The van der Waals surface area contributed by atoms with Crippen molar-refractivity contribution in [3.05, 3.63) is 23.8 Å². The van der Waals surface area contributed by atoms with E-state index < -0.39 is 0 Å². The standard InChI is InChI=1S/C13H17NO4S/c1-17-9-3-4-11(18-2)10(7-9)13-14(5-6-15)12(16)8-19-13/h3-4,7,13,15H,5-6,8H2,1-2H3/t13-/m0/s1. The van der Waals surface area contributed by atoms with Crippen molar-refractivity contribution in [2.45, 2.75) is 5.37 Å². The van der Waals surface area contributed by atoms with E-state index in [0.717, 1.165) is 17.1 Å². The molecule has 1 aromatic rings. The topological polar surface area (TPSA) is 59.0 Å². The molecule has 1 heterocycles. The highest BCUT2D eigenvalue weighted by atomic mass is 32.2. The minimum Gasteiger partial charge on any atom is -0.497 e. The third-order valence-electron chi connectivity index (χ3n) is 3.01. The summed E-state index contributed by atoms with van der Waals surface area (Å²) >= 11 is 1.53. The number of carbonyl (C=O) groups excluding carboxylic acids is 1. The zero-order chi connectivity index (χ0) is 13.8. The zero-order valence-corrected chi connectivity index (χ0v) is 11.8. The number of aliphatic hydroxyl groups is 1. The SMILES string of the molecule is COc1ccc(OC)c([C@@H]2SCC(=O)N2CCO)c1. The second-order valence-electron chi connectivity index (χ2n) is 4.08. The number of hydrogen-bond donors (Lipinski definition) is 1. The molecule has 1 atom stereocenters. The molecule has 104 valence electrons. The van der Waals surface area contributed by atoms with Crippen LogP contribution in [0.5, 0.6) is 11.5 Å². The number of β-amino-alcohol motifs (C(OH)–C–C–N with tert-alkyl or cyclic N) is 1. The fourth-order valence-corrected chi connectivity index (χ4v) is 3.33. The summed E-state index contributed by atoms with van der Waals surface area (Å²) in [5.41, 5.74) is 0.895. The summed E-state index contributed by atoms with van der Waals surface area (Å²) in [6.07, 6.45) is 0. The number of rotatable bonds is 5. The summed E-state index contributed by atoms with van der Waals surface area (Å²) < 4.78 is 10.6. The number of nitrogens with zero attached hydrogens (tertiary/aromatic N) is 1. The molecular weight excluding hydrogens is 266 g/mol. The number of methoxy groups -OCH3 is 2. The molecular formula is C13H17NO4S. The number of thioether (sulfide) groups is 1. The van der Waals surface area contributed by atoms with Gasteiger partial charge >= 0.3 is 0 Å². The third-order valence-corrected chi connectivity index (χ3v) is 4.25. The van der Waals surface area contributed by atoms with Gasteiger partial charge in [0.05, 0.1) is 26.6 Å². The molecule has 0 radical (unpaired) electrons. The third kappa shape index (κ3) is 2.79. The molecule has 0 saturated carbocycles. The maximum absolute atomic E-state index is 11.8. The number of benzene rings is 1.